The van der Waals surface area contributed by atoms with E-state index in [1.165, 1.54) is 4.90 Å². The lowest BCUT2D eigenvalue weighted by Crippen LogP contribution is -2.29. The first-order valence-corrected chi connectivity index (χ1v) is 5.90. The number of hydrogen-bond acceptors (Lipinski definition) is 4. The summed E-state index contributed by atoms with van der Waals surface area (Å²) < 4.78 is 25.2. The highest BCUT2D eigenvalue weighted by molar-refractivity contribution is 6.21. The predicted octanol–water partition coefficient (Wildman–Crippen LogP) is 2.13. The summed E-state index contributed by atoms with van der Waals surface area (Å²) in [4.78, 5) is 1.45. The molecule has 0 aliphatic carbocycles. The molecule has 1 N–H and O–H groups in total. The van der Waals surface area contributed by atoms with Crippen molar-refractivity contribution in [2.45, 2.75) is 11.9 Å². The van der Waals surface area contributed by atoms with E-state index in [1.54, 1.807) is 7.05 Å². The molecule has 0 saturated carbocycles. The summed E-state index contributed by atoms with van der Waals surface area (Å²) in [6, 6.07) is 7.28. The summed E-state index contributed by atoms with van der Waals surface area (Å²) in [7, 11) is 1.59. The van der Waals surface area contributed by atoms with E-state index in [-0.39, 0.29) is 0 Å². The van der Waals surface area contributed by atoms with Crippen LogP contribution in [-0.2, 0) is 6.54 Å². The molecule has 5 nitrogen and oxygen atoms in total. The highest BCUT2D eigenvalue weighted by Crippen LogP contribution is 2.21. The van der Waals surface area contributed by atoms with Crippen molar-refractivity contribution in [1.29, 1.82) is 0 Å². The van der Waals surface area contributed by atoms with Gasteiger partial charge in [-0.05, 0) is 29.4 Å². The van der Waals surface area contributed by atoms with Gasteiger partial charge in [-0.2, -0.15) is 14.0 Å². The third-order valence-corrected chi connectivity index (χ3v) is 2.58. The molecule has 1 heterocycles. The highest BCUT2D eigenvalue weighted by Gasteiger charge is 2.26. The van der Waals surface area contributed by atoms with Gasteiger partial charge in [-0.15, -0.1) is 10.2 Å². The molecule has 0 bridgehead atoms. The normalized spacial score (nSPS) is 12.1. The smallest absolute Gasteiger partial charge is 0.295 e. The molecule has 0 saturated heterocycles. The number of aromatic amines is 1. The number of nitrogens with one attached hydrogen (secondary N) is 1. The Morgan fingerprint density at radius 1 is 1.32 bits per heavy atom. The third kappa shape index (κ3) is 4.22. The van der Waals surface area contributed by atoms with Crippen LogP contribution in [0.15, 0.2) is 24.3 Å². The van der Waals surface area contributed by atoms with Gasteiger partial charge in [-0.25, -0.2) is 0 Å². The monoisotopic (exact) mass is 287 g/mol. The third-order valence-electron chi connectivity index (χ3n) is 2.46. The second-order valence-corrected chi connectivity index (χ2v) is 4.77. The van der Waals surface area contributed by atoms with Gasteiger partial charge in [0.15, 0.2) is 0 Å². The molecule has 0 radical (unpaired) electrons. The first-order chi connectivity index (χ1) is 8.94. The Bertz CT molecular complexity index is 509. The van der Waals surface area contributed by atoms with Crippen LogP contribution in [0.4, 0.5) is 8.78 Å². The van der Waals surface area contributed by atoms with E-state index in [2.05, 4.69) is 20.6 Å². The van der Waals surface area contributed by atoms with Crippen molar-refractivity contribution in [3.05, 3.63) is 29.8 Å². The largest absolute Gasteiger partial charge is 0.334 e. The fraction of sp³-hybridized carbons (Fsp3) is 0.364. The van der Waals surface area contributed by atoms with Gasteiger partial charge in [-0.3, -0.25) is 4.90 Å². The lowest BCUT2D eigenvalue weighted by atomic mass is 10.1. The second-order valence-electron chi connectivity index (χ2n) is 4.22. The quantitative estimate of drug-likeness (QED) is 0.856. The van der Waals surface area contributed by atoms with Crippen LogP contribution in [0.5, 0.6) is 0 Å². The topological polar surface area (TPSA) is 57.7 Å². The van der Waals surface area contributed by atoms with Crippen LogP contribution in [0, 0.1) is 0 Å². The van der Waals surface area contributed by atoms with Crippen LogP contribution in [0.2, 0.25) is 0 Å². The number of rotatable bonds is 5. The zero-order chi connectivity index (χ0) is 13.9. The van der Waals surface area contributed by atoms with Crippen LogP contribution in [0.1, 0.15) is 5.56 Å². The van der Waals surface area contributed by atoms with Crippen molar-refractivity contribution in [1.82, 2.24) is 25.5 Å². The SMILES string of the molecule is CN(Cc1ccc(-c2nn[nH]n2)cc1)CC(F)(F)Cl. The van der Waals surface area contributed by atoms with Gasteiger partial charge in [0, 0.05) is 12.1 Å². The maximum Gasteiger partial charge on any atom is 0.334 e. The number of tetrazole rings is 1. The van der Waals surface area contributed by atoms with E-state index in [0.29, 0.717) is 12.4 Å². The van der Waals surface area contributed by atoms with Crippen molar-refractivity contribution in [2.24, 2.45) is 0 Å². The number of H-pyrrole nitrogens is 1. The molecule has 0 aliphatic rings. The van der Waals surface area contributed by atoms with Gasteiger partial charge in [0.05, 0.1) is 6.54 Å². The molecule has 0 atom stereocenters. The fourth-order valence-corrected chi connectivity index (χ4v) is 1.92. The molecule has 1 aromatic carbocycles. The van der Waals surface area contributed by atoms with Crippen molar-refractivity contribution in [3.63, 3.8) is 0 Å². The molecule has 0 aliphatic heterocycles. The zero-order valence-electron chi connectivity index (χ0n) is 10.1. The lowest BCUT2D eigenvalue weighted by Gasteiger charge is -2.19. The number of aromatic nitrogens is 4. The van der Waals surface area contributed by atoms with Crippen LogP contribution < -0.4 is 0 Å². The zero-order valence-corrected chi connectivity index (χ0v) is 10.9. The van der Waals surface area contributed by atoms with Crippen molar-refractivity contribution >= 4 is 11.6 Å². The Morgan fingerprint density at radius 2 is 2.00 bits per heavy atom. The second kappa shape index (κ2) is 5.58. The van der Waals surface area contributed by atoms with E-state index in [0.717, 1.165) is 11.1 Å². The summed E-state index contributed by atoms with van der Waals surface area (Å²) in [6.07, 6.45) is 0. The maximum atomic E-state index is 12.6. The highest BCUT2D eigenvalue weighted by atomic mass is 35.5. The molecule has 0 spiro atoms. The Balaban J connectivity index is 1.99. The fourth-order valence-electron chi connectivity index (χ4n) is 1.72. The number of nitrogens with zero attached hydrogens (tertiary/aromatic N) is 4. The molecule has 0 fully saturated rings. The number of alkyl halides is 3. The van der Waals surface area contributed by atoms with Gasteiger partial charge in [0.2, 0.25) is 5.82 Å². The summed E-state index contributed by atoms with van der Waals surface area (Å²) in [5.41, 5.74) is 1.71. The number of hydrogen-bond donors (Lipinski definition) is 1. The van der Waals surface area contributed by atoms with Crippen molar-refractivity contribution in [3.8, 4) is 11.4 Å². The first kappa shape index (κ1) is 13.8. The first-order valence-electron chi connectivity index (χ1n) is 5.52. The molecular weight excluding hydrogens is 276 g/mol. The van der Waals surface area contributed by atoms with Gasteiger partial charge in [-0.1, -0.05) is 24.3 Å². The Morgan fingerprint density at radius 3 is 2.53 bits per heavy atom. The molecule has 0 unspecified atom stereocenters. The summed E-state index contributed by atoms with van der Waals surface area (Å²) in [6.45, 7) is -0.115. The van der Waals surface area contributed by atoms with Crippen molar-refractivity contribution < 1.29 is 8.78 Å². The summed E-state index contributed by atoms with van der Waals surface area (Å²) in [5.74, 6) is 0.493. The Labute approximate surface area is 113 Å². The number of halogens is 3. The Hall–Kier alpha value is -1.60. The molecule has 0 amide bonds. The average Bonchev–Trinajstić information content (AvgIpc) is 2.80. The molecular formula is C11H12ClF2N5. The van der Waals surface area contributed by atoms with Gasteiger partial charge < -0.3 is 0 Å². The molecule has 8 heteroatoms. The van der Waals surface area contributed by atoms with E-state index in [1.807, 2.05) is 24.3 Å². The van der Waals surface area contributed by atoms with E-state index >= 15 is 0 Å². The standard InChI is InChI=1S/C11H12ClF2N5/c1-19(7-11(12,13)14)6-8-2-4-9(5-3-8)10-15-17-18-16-10/h2-5H,6-7H2,1H3,(H,15,16,17,18). The summed E-state index contributed by atoms with van der Waals surface area (Å²) >= 11 is 4.89. The predicted molar refractivity (Wildman–Crippen MR) is 66.7 cm³/mol. The molecule has 2 aromatic rings. The lowest BCUT2D eigenvalue weighted by molar-refractivity contribution is 0.0541. The minimum Gasteiger partial charge on any atom is -0.295 e. The van der Waals surface area contributed by atoms with Gasteiger partial charge >= 0.3 is 5.38 Å². The van der Waals surface area contributed by atoms with Crippen LogP contribution >= 0.6 is 11.6 Å². The molecule has 1 aromatic heterocycles. The molecule has 102 valence electrons. The van der Waals surface area contributed by atoms with Gasteiger partial charge in [0.1, 0.15) is 0 Å². The van der Waals surface area contributed by atoms with E-state index in [4.69, 9.17) is 11.6 Å². The molecule has 19 heavy (non-hydrogen) atoms. The maximum absolute atomic E-state index is 12.6. The minimum absolute atomic E-state index is 0.384. The van der Waals surface area contributed by atoms with Crippen molar-refractivity contribution in [2.75, 3.05) is 13.6 Å². The van der Waals surface area contributed by atoms with Crippen LogP contribution in [-0.4, -0.2) is 44.5 Å². The van der Waals surface area contributed by atoms with Gasteiger partial charge in [0.25, 0.3) is 0 Å². The van der Waals surface area contributed by atoms with E-state index < -0.39 is 11.9 Å². The van der Waals surface area contributed by atoms with Crippen LogP contribution in [0.3, 0.4) is 0 Å². The number of benzene rings is 1. The minimum atomic E-state index is -3.21. The molecule has 2 rings (SSSR count). The van der Waals surface area contributed by atoms with E-state index in [9.17, 15) is 8.78 Å². The van der Waals surface area contributed by atoms with Crippen LogP contribution in [0.25, 0.3) is 11.4 Å². The summed E-state index contributed by atoms with van der Waals surface area (Å²) in [5, 5.41) is 10.3. The Kier molecular flexibility index (Phi) is 4.06. The average molecular weight is 288 g/mol.